The Balaban J connectivity index is 1.55. The molecule has 0 aliphatic carbocycles. The van der Waals surface area contributed by atoms with Gasteiger partial charge in [0.25, 0.3) is 0 Å². The van der Waals surface area contributed by atoms with Crippen molar-refractivity contribution in [3.8, 4) is 0 Å². The summed E-state index contributed by atoms with van der Waals surface area (Å²) in [5, 5.41) is 4.93. The molecule has 0 unspecified atom stereocenters. The average Bonchev–Trinajstić information content (AvgIpc) is 2.67. The molecule has 1 atom stereocenters. The van der Waals surface area contributed by atoms with E-state index in [2.05, 4.69) is 68.7 Å². The van der Waals surface area contributed by atoms with E-state index >= 15 is 0 Å². The van der Waals surface area contributed by atoms with Crippen molar-refractivity contribution in [2.45, 2.75) is 19.4 Å². The maximum atomic E-state index is 12.6. The van der Waals surface area contributed by atoms with Crippen LogP contribution in [0.5, 0.6) is 0 Å². The van der Waals surface area contributed by atoms with Gasteiger partial charge < -0.3 is 9.22 Å². The number of fused-ring (bicyclic) bond motifs is 2. The first kappa shape index (κ1) is 18.8. The summed E-state index contributed by atoms with van der Waals surface area (Å²) < 4.78 is 6.80. The number of rotatable bonds is 3. The maximum absolute atomic E-state index is 12.6. The van der Waals surface area contributed by atoms with Gasteiger partial charge in [-0.3, -0.25) is 4.90 Å². The molecule has 1 heterocycles. The van der Waals surface area contributed by atoms with Gasteiger partial charge in [-0.15, -0.1) is 0 Å². The van der Waals surface area contributed by atoms with Crippen LogP contribution in [0.3, 0.4) is 0 Å². The van der Waals surface area contributed by atoms with E-state index in [-0.39, 0.29) is 12.2 Å². The Bertz CT molecular complexity index is 948. The first-order chi connectivity index (χ1) is 13.4. The molecule has 1 fully saturated rings. The number of hydrogen-bond donors (Lipinski definition) is 0. The largest absolute Gasteiger partial charge is 0.446 e. The molecule has 4 heteroatoms. The second-order valence-corrected chi connectivity index (χ2v) is 8.57. The summed E-state index contributed by atoms with van der Waals surface area (Å²) in [6.07, 6.45) is 0.353. The summed E-state index contributed by atoms with van der Waals surface area (Å²) in [5.41, 5.74) is 1.26. The number of carbonyl (C=O) groups is 1. The van der Waals surface area contributed by atoms with E-state index in [1.807, 2.05) is 11.8 Å². The fourth-order valence-electron chi connectivity index (χ4n) is 4.09. The van der Waals surface area contributed by atoms with E-state index in [4.69, 9.17) is 4.74 Å². The van der Waals surface area contributed by atoms with Crippen molar-refractivity contribution in [1.29, 1.82) is 0 Å². The van der Waals surface area contributed by atoms with Gasteiger partial charge in [0.2, 0.25) is 0 Å². The van der Waals surface area contributed by atoms with Crippen LogP contribution in [-0.2, 0) is 11.2 Å². The molecule has 0 saturated carbocycles. The molecule has 3 aromatic rings. The quantitative estimate of drug-likeness (QED) is 0.498. The lowest BCUT2D eigenvalue weighted by molar-refractivity contribution is -0.894. The Morgan fingerprint density at radius 3 is 2.11 bits per heavy atom. The highest BCUT2D eigenvalue weighted by Crippen LogP contribution is 2.30. The number of benzene rings is 3. The van der Waals surface area contributed by atoms with Gasteiger partial charge in [-0.05, 0) is 40.1 Å². The average molecular weight is 378 g/mol. The zero-order valence-electron chi connectivity index (χ0n) is 17.0. The molecule has 0 spiro atoms. The van der Waals surface area contributed by atoms with Crippen LogP contribution in [0.2, 0.25) is 0 Å². The minimum atomic E-state index is -0.184. The second kappa shape index (κ2) is 7.44. The van der Waals surface area contributed by atoms with Crippen LogP contribution in [0, 0.1) is 0 Å². The number of hydrogen-bond acceptors (Lipinski definition) is 2. The van der Waals surface area contributed by atoms with Crippen LogP contribution in [0.25, 0.3) is 21.5 Å². The highest BCUT2D eigenvalue weighted by molar-refractivity contribution is 6.02. The molecular formula is C24H29N2O2+. The Morgan fingerprint density at radius 1 is 1.00 bits per heavy atom. The Kier molecular flexibility index (Phi) is 4.98. The van der Waals surface area contributed by atoms with Gasteiger partial charge in [0.1, 0.15) is 6.10 Å². The third-order valence-electron chi connectivity index (χ3n) is 5.89. The zero-order chi connectivity index (χ0) is 19.7. The van der Waals surface area contributed by atoms with Crippen molar-refractivity contribution < 1.29 is 14.0 Å². The summed E-state index contributed by atoms with van der Waals surface area (Å²) in [5.74, 6) is 0. The van der Waals surface area contributed by atoms with Gasteiger partial charge >= 0.3 is 6.09 Å². The van der Waals surface area contributed by atoms with Crippen LogP contribution in [-0.4, -0.2) is 61.9 Å². The van der Waals surface area contributed by atoms with E-state index in [0.29, 0.717) is 6.42 Å². The SMILES string of the molecule is C[C@H](Cc1c2ccccc2cc2ccccc12)OC(=O)N1CC[N+](C)(C)CC1. The second-order valence-electron chi connectivity index (χ2n) is 8.57. The molecule has 1 aliphatic heterocycles. The summed E-state index contributed by atoms with van der Waals surface area (Å²) in [6.45, 7) is 5.46. The van der Waals surface area contributed by atoms with Crippen molar-refractivity contribution in [3.63, 3.8) is 0 Å². The molecule has 1 saturated heterocycles. The van der Waals surface area contributed by atoms with E-state index in [9.17, 15) is 4.79 Å². The summed E-state index contributed by atoms with van der Waals surface area (Å²) in [7, 11) is 4.41. The standard InChI is InChI=1S/C24H29N2O2/c1-18(28-24(27)25-12-14-26(2,3)15-13-25)16-23-21-10-6-4-8-19(21)17-20-9-5-7-11-22(20)23/h4-11,17-18H,12-16H2,1-3H3/q+1/t18-/m1/s1. The molecule has 4 rings (SSSR count). The molecule has 3 aromatic carbocycles. The highest BCUT2D eigenvalue weighted by Gasteiger charge is 2.29. The van der Waals surface area contributed by atoms with E-state index in [0.717, 1.165) is 30.7 Å². The first-order valence-corrected chi connectivity index (χ1v) is 10.1. The number of ether oxygens (including phenoxy) is 1. The van der Waals surface area contributed by atoms with Crippen LogP contribution in [0.15, 0.2) is 54.6 Å². The summed E-state index contributed by atoms with van der Waals surface area (Å²) >= 11 is 0. The van der Waals surface area contributed by atoms with E-state index < -0.39 is 0 Å². The molecule has 1 aliphatic rings. The van der Waals surface area contributed by atoms with Crippen LogP contribution < -0.4 is 0 Å². The lowest BCUT2D eigenvalue weighted by Crippen LogP contribution is -2.56. The Morgan fingerprint density at radius 2 is 1.54 bits per heavy atom. The van der Waals surface area contributed by atoms with Crippen molar-refractivity contribution in [3.05, 3.63) is 60.2 Å². The number of piperazine rings is 1. The topological polar surface area (TPSA) is 29.5 Å². The highest BCUT2D eigenvalue weighted by atomic mass is 16.6. The van der Waals surface area contributed by atoms with Crippen molar-refractivity contribution in [2.24, 2.45) is 0 Å². The molecule has 0 N–H and O–H groups in total. The van der Waals surface area contributed by atoms with Crippen molar-refractivity contribution >= 4 is 27.6 Å². The van der Waals surface area contributed by atoms with Gasteiger partial charge in [-0.2, -0.15) is 0 Å². The lowest BCUT2D eigenvalue weighted by Gasteiger charge is -2.38. The fourth-order valence-corrected chi connectivity index (χ4v) is 4.09. The van der Waals surface area contributed by atoms with Crippen LogP contribution in [0.4, 0.5) is 4.79 Å². The molecule has 1 amide bonds. The molecule has 28 heavy (non-hydrogen) atoms. The molecule has 0 radical (unpaired) electrons. The van der Waals surface area contributed by atoms with E-state index in [1.54, 1.807) is 0 Å². The molecular weight excluding hydrogens is 348 g/mol. The number of carbonyl (C=O) groups excluding carboxylic acids is 1. The Labute approximate surface area is 166 Å². The number of quaternary nitrogens is 1. The monoisotopic (exact) mass is 377 g/mol. The zero-order valence-corrected chi connectivity index (χ0v) is 17.0. The number of nitrogens with zero attached hydrogens (tertiary/aromatic N) is 2. The normalized spacial score (nSPS) is 17.6. The van der Waals surface area contributed by atoms with Crippen LogP contribution in [0.1, 0.15) is 12.5 Å². The van der Waals surface area contributed by atoms with Gasteiger partial charge in [-0.25, -0.2) is 4.79 Å². The number of amides is 1. The lowest BCUT2D eigenvalue weighted by atomic mass is 9.93. The Hall–Kier alpha value is -2.59. The predicted molar refractivity (Wildman–Crippen MR) is 115 cm³/mol. The minimum absolute atomic E-state index is 0.175. The fraction of sp³-hybridized carbons (Fsp3) is 0.375. The maximum Gasteiger partial charge on any atom is 0.410 e. The first-order valence-electron chi connectivity index (χ1n) is 10.1. The molecule has 146 valence electrons. The minimum Gasteiger partial charge on any atom is -0.446 e. The van der Waals surface area contributed by atoms with E-state index in [1.165, 1.54) is 27.1 Å². The third-order valence-corrected chi connectivity index (χ3v) is 5.89. The van der Waals surface area contributed by atoms with Crippen molar-refractivity contribution in [1.82, 2.24) is 4.90 Å². The number of likely N-dealkylation sites (N-methyl/N-ethyl adjacent to an activating group) is 1. The van der Waals surface area contributed by atoms with Gasteiger partial charge in [0, 0.05) is 6.42 Å². The summed E-state index contributed by atoms with van der Waals surface area (Å²) in [6, 6.07) is 19.1. The van der Waals surface area contributed by atoms with Crippen LogP contribution >= 0.6 is 0 Å². The van der Waals surface area contributed by atoms with Crippen molar-refractivity contribution in [2.75, 3.05) is 40.3 Å². The van der Waals surface area contributed by atoms with Gasteiger partial charge in [0.15, 0.2) is 0 Å². The third kappa shape index (κ3) is 3.83. The van der Waals surface area contributed by atoms with Gasteiger partial charge in [-0.1, -0.05) is 48.5 Å². The molecule has 4 nitrogen and oxygen atoms in total. The smallest absolute Gasteiger partial charge is 0.410 e. The molecule has 0 bridgehead atoms. The molecule has 0 aromatic heterocycles. The van der Waals surface area contributed by atoms with Gasteiger partial charge in [0.05, 0.1) is 40.3 Å². The summed E-state index contributed by atoms with van der Waals surface area (Å²) in [4.78, 5) is 14.5. The predicted octanol–water partition coefficient (Wildman–Crippen LogP) is 4.45.